The summed E-state index contributed by atoms with van der Waals surface area (Å²) >= 11 is 6.07. The van der Waals surface area contributed by atoms with Gasteiger partial charge in [-0.25, -0.2) is 13.1 Å². The number of nitrogens with one attached hydrogen (secondary N) is 2. The minimum atomic E-state index is -3.42. The molecule has 2 rings (SSSR count). The minimum absolute atomic E-state index is 0.217. The van der Waals surface area contributed by atoms with Crippen LogP contribution < -0.4 is 10.1 Å². The molecule has 0 aliphatic rings. The molecule has 0 aromatic heterocycles. The molecule has 0 unspecified atom stereocenters. The maximum Gasteiger partial charge on any atom is 0.240 e. The Labute approximate surface area is 141 Å². The molecule has 2 N–H and O–H groups in total. The summed E-state index contributed by atoms with van der Waals surface area (Å²) in [5.41, 5.74) is 6.28. The predicted octanol–water partition coefficient (Wildman–Crippen LogP) is 3.39. The minimum Gasteiger partial charge on any atom is -0.278 e. The molecule has 2 aromatic carbocycles. The number of nitrogens with zero attached hydrogens (tertiary/aromatic N) is 1. The van der Waals surface area contributed by atoms with E-state index in [1.54, 1.807) is 30.3 Å². The Bertz CT molecular complexity index is 831. The third kappa shape index (κ3) is 4.31. The van der Waals surface area contributed by atoms with Crippen molar-refractivity contribution in [2.24, 2.45) is 5.10 Å². The molecule has 2 aromatic rings. The number of hydrogen-bond acceptors (Lipinski definition) is 4. The Balaban J connectivity index is 2.16. The van der Waals surface area contributed by atoms with E-state index in [-0.39, 0.29) is 4.90 Å². The fourth-order valence-electron chi connectivity index (χ4n) is 1.87. The van der Waals surface area contributed by atoms with E-state index in [2.05, 4.69) is 15.2 Å². The summed E-state index contributed by atoms with van der Waals surface area (Å²) in [6.07, 6.45) is 0. The van der Waals surface area contributed by atoms with Gasteiger partial charge in [-0.2, -0.15) is 5.10 Å². The molecule has 7 heteroatoms. The van der Waals surface area contributed by atoms with E-state index in [1.165, 1.54) is 7.05 Å². The molecule has 23 heavy (non-hydrogen) atoms. The maximum absolute atomic E-state index is 11.7. The van der Waals surface area contributed by atoms with Gasteiger partial charge in [-0.3, -0.25) is 5.43 Å². The first kappa shape index (κ1) is 17.5. The van der Waals surface area contributed by atoms with Gasteiger partial charge in [-0.05, 0) is 56.3 Å². The van der Waals surface area contributed by atoms with Crippen LogP contribution in [0.25, 0.3) is 0 Å². The molecule has 0 atom stereocenters. The lowest BCUT2D eigenvalue weighted by Gasteiger charge is -2.07. The molecule has 0 bridgehead atoms. The van der Waals surface area contributed by atoms with Crippen molar-refractivity contribution in [3.05, 3.63) is 58.6 Å². The van der Waals surface area contributed by atoms with Gasteiger partial charge in [0.15, 0.2) is 0 Å². The van der Waals surface area contributed by atoms with E-state index >= 15 is 0 Å². The highest BCUT2D eigenvalue weighted by molar-refractivity contribution is 7.89. The lowest BCUT2D eigenvalue weighted by molar-refractivity contribution is 0.588. The number of hydrazone groups is 1. The van der Waals surface area contributed by atoms with Crippen LogP contribution in [0.1, 0.15) is 18.1 Å². The number of rotatable bonds is 5. The Kier molecular flexibility index (Phi) is 5.41. The average Bonchev–Trinajstić information content (AvgIpc) is 2.55. The van der Waals surface area contributed by atoms with Gasteiger partial charge in [-0.1, -0.05) is 29.8 Å². The summed E-state index contributed by atoms with van der Waals surface area (Å²) in [6, 6.07) is 12.1. The predicted molar refractivity (Wildman–Crippen MR) is 94.7 cm³/mol. The van der Waals surface area contributed by atoms with Crippen molar-refractivity contribution < 1.29 is 8.42 Å². The topological polar surface area (TPSA) is 70.6 Å². The number of sulfonamides is 1. The molecular formula is C16H18ClN3O2S. The maximum atomic E-state index is 11.7. The van der Waals surface area contributed by atoms with Crippen LogP contribution in [0.3, 0.4) is 0 Å². The molecule has 0 fully saturated rings. The van der Waals surface area contributed by atoms with Crippen molar-refractivity contribution in [3.8, 4) is 0 Å². The zero-order valence-corrected chi connectivity index (χ0v) is 14.7. The van der Waals surface area contributed by atoms with Gasteiger partial charge in [-0.15, -0.1) is 0 Å². The van der Waals surface area contributed by atoms with Crippen LogP contribution >= 0.6 is 11.6 Å². The van der Waals surface area contributed by atoms with Gasteiger partial charge in [0.1, 0.15) is 0 Å². The number of aryl methyl sites for hydroxylation is 1. The van der Waals surface area contributed by atoms with Crippen molar-refractivity contribution in [1.82, 2.24) is 4.72 Å². The highest BCUT2D eigenvalue weighted by Crippen LogP contribution is 2.20. The van der Waals surface area contributed by atoms with Crippen molar-refractivity contribution in [2.45, 2.75) is 18.7 Å². The van der Waals surface area contributed by atoms with Crippen molar-refractivity contribution in [1.29, 1.82) is 0 Å². The van der Waals surface area contributed by atoms with E-state index < -0.39 is 10.0 Å². The van der Waals surface area contributed by atoms with Crippen molar-refractivity contribution >= 4 is 33.0 Å². The molecule has 0 heterocycles. The molecule has 0 radical (unpaired) electrons. The number of benzene rings is 2. The third-order valence-corrected chi connectivity index (χ3v) is 5.21. The second-order valence-electron chi connectivity index (χ2n) is 5.00. The molecule has 0 spiro atoms. The SMILES string of the molecule is CNS(=O)(=O)c1ccc(/C(C)=N\Nc2ccc(C)c(Cl)c2)cc1. The van der Waals surface area contributed by atoms with Gasteiger partial charge >= 0.3 is 0 Å². The lowest BCUT2D eigenvalue weighted by Crippen LogP contribution is -2.18. The van der Waals surface area contributed by atoms with Crippen LogP contribution in [-0.2, 0) is 10.0 Å². The first-order valence-electron chi connectivity index (χ1n) is 6.94. The smallest absolute Gasteiger partial charge is 0.240 e. The summed E-state index contributed by atoms with van der Waals surface area (Å²) < 4.78 is 25.7. The molecule has 5 nitrogen and oxygen atoms in total. The number of hydrogen-bond donors (Lipinski definition) is 2. The van der Waals surface area contributed by atoms with Crippen LogP contribution in [-0.4, -0.2) is 21.2 Å². The largest absolute Gasteiger partial charge is 0.278 e. The lowest BCUT2D eigenvalue weighted by atomic mass is 10.1. The molecule has 0 saturated heterocycles. The van der Waals surface area contributed by atoms with Crippen LogP contribution in [0.5, 0.6) is 0 Å². The first-order chi connectivity index (χ1) is 10.8. The standard InChI is InChI=1S/C16H18ClN3O2S/c1-11-4-7-14(10-16(11)17)20-19-12(2)13-5-8-15(9-6-13)23(21,22)18-3/h4-10,18,20H,1-3H3/b19-12-. The van der Waals surface area contributed by atoms with E-state index in [9.17, 15) is 8.42 Å². The van der Waals surface area contributed by atoms with Gasteiger partial charge in [0.2, 0.25) is 10.0 Å². The van der Waals surface area contributed by atoms with E-state index in [4.69, 9.17) is 11.6 Å². The molecule has 0 aliphatic carbocycles. The van der Waals surface area contributed by atoms with Gasteiger partial charge in [0.05, 0.1) is 16.3 Å². The summed E-state index contributed by atoms with van der Waals surface area (Å²) in [7, 11) is -2.04. The molecule has 0 aliphatic heterocycles. The summed E-state index contributed by atoms with van der Waals surface area (Å²) in [4.78, 5) is 0.217. The van der Waals surface area contributed by atoms with E-state index in [0.29, 0.717) is 5.02 Å². The molecular weight excluding hydrogens is 334 g/mol. The number of anilines is 1. The van der Waals surface area contributed by atoms with Crippen LogP contribution in [0.4, 0.5) is 5.69 Å². The Morgan fingerprint density at radius 3 is 2.35 bits per heavy atom. The zero-order chi connectivity index (χ0) is 17.0. The fraction of sp³-hybridized carbons (Fsp3) is 0.188. The summed E-state index contributed by atoms with van der Waals surface area (Å²) in [6.45, 7) is 3.77. The van der Waals surface area contributed by atoms with E-state index in [0.717, 1.165) is 22.5 Å². The van der Waals surface area contributed by atoms with Crippen LogP contribution in [0.15, 0.2) is 52.5 Å². The van der Waals surface area contributed by atoms with Crippen LogP contribution in [0.2, 0.25) is 5.02 Å². The molecule has 0 saturated carbocycles. The molecule has 122 valence electrons. The third-order valence-electron chi connectivity index (χ3n) is 3.38. The molecule has 0 amide bonds. The number of halogens is 1. The summed E-state index contributed by atoms with van der Waals surface area (Å²) in [5, 5.41) is 4.96. The summed E-state index contributed by atoms with van der Waals surface area (Å²) in [5.74, 6) is 0. The fourth-order valence-corrected chi connectivity index (χ4v) is 2.78. The van der Waals surface area contributed by atoms with Gasteiger partial charge in [0, 0.05) is 5.02 Å². The highest BCUT2D eigenvalue weighted by Gasteiger charge is 2.10. The highest BCUT2D eigenvalue weighted by atomic mass is 35.5. The Morgan fingerprint density at radius 1 is 1.13 bits per heavy atom. The first-order valence-corrected chi connectivity index (χ1v) is 8.80. The van der Waals surface area contributed by atoms with Crippen molar-refractivity contribution in [2.75, 3.05) is 12.5 Å². The Hall–Kier alpha value is -1.89. The second-order valence-corrected chi connectivity index (χ2v) is 7.30. The quantitative estimate of drug-likeness (QED) is 0.640. The zero-order valence-electron chi connectivity index (χ0n) is 13.1. The normalized spacial score (nSPS) is 12.3. The average molecular weight is 352 g/mol. The Morgan fingerprint density at radius 2 is 1.78 bits per heavy atom. The van der Waals surface area contributed by atoms with Gasteiger partial charge in [0.25, 0.3) is 0 Å². The van der Waals surface area contributed by atoms with Crippen LogP contribution in [0, 0.1) is 6.92 Å². The monoisotopic (exact) mass is 351 g/mol. The van der Waals surface area contributed by atoms with E-state index in [1.807, 2.05) is 26.0 Å². The van der Waals surface area contributed by atoms with Gasteiger partial charge < -0.3 is 0 Å². The van der Waals surface area contributed by atoms with Crippen molar-refractivity contribution in [3.63, 3.8) is 0 Å². The second kappa shape index (κ2) is 7.12.